The number of hydrogen-bond donors (Lipinski definition) is 2. The number of para-hydroxylation sites is 1. The van der Waals surface area contributed by atoms with Crippen molar-refractivity contribution in [3.63, 3.8) is 0 Å². The highest BCUT2D eigenvalue weighted by Gasteiger charge is 2.18. The van der Waals surface area contributed by atoms with Crippen LogP contribution in [0.1, 0.15) is 6.92 Å². The van der Waals surface area contributed by atoms with Crippen molar-refractivity contribution in [2.45, 2.75) is 12.1 Å². The molecular weight excluding hydrogens is 476 g/mol. The molecule has 2 aromatic heterocycles. The molecular formula is C26H22N6O3S. The van der Waals surface area contributed by atoms with Crippen molar-refractivity contribution in [1.82, 2.24) is 19.7 Å². The molecule has 0 aliphatic carbocycles. The van der Waals surface area contributed by atoms with Crippen LogP contribution in [0.2, 0.25) is 0 Å². The highest BCUT2D eigenvalue weighted by Crippen LogP contribution is 2.35. The second-order valence-corrected chi connectivity index (χ2v) is 8.63. The zero-order valence-corrected chi connectivity index (χ0v) is 20.1. The summed E-state index contributed by atoms with van der Waals surface area (Å²) in [4.78, 5) is 15.4. The van der Waals surface area contributed by atoms with Crippen molar-refractivity contribution in [2.75, 3.05) is 12.4 Å². The van der Waals surface area contributed by atoms with Gasteiger partial charge in [-0.2, -0.15) is 0 Å². The van der Waals surface area contributed by atoms with Gasteiger partial charge < -0.3 is 14.8 Å². The lowest BCUT2D eigenvalue weighted by atomic mass is 10.2. The van der Waals surface area contributed by atoms with Crippen molar-refractivity contribution in [1.29, 1.82) is 0 Å². The van der Waals surface area contributed by atoms with Gasteiger partial charge in [0.25, 0.3) is 5.91 Å². The molecule has 180 valence electrons. The number of fused-ring (bicyclic) bond motifs is 1. The minimum atomic E-state index is -0.466. The van der Waals surface area contributed by atoms with Crippen LogP contribution in [0.15, 0.2) is 94.2 Å². The maximum absolute atomic E-state index is 12.6. The SMILES string of the molecule is CCOc1ccc(-n2c(SCC(=O)N=Nc3c(O)[nH]c4ccccc34)nnc2-c2ccccc2)cc1. The molecule has 0 bridgehead atoms. The molecule has 0 unspecified atom stereocenters. The summed E-state index contributed by atoms with van der Waals surface area (Å²) in [7, 11) is 0. The van der Waals surface area contributed by atoms with Crippen LogP contribution in [0.25, 0.3) is 28.0 Å². The highest BCUT2D eigenvalue weighted by molar-refractivity contribution is 7.99. The minimum Gasteiger partial charge on any atom is -0.494 e. The van der Waals surface area contributed by atoms with Gasteiger partial charge in [-0.3, -0.25) is 9.36 Å². The lowest BCUT2D eigenvalue weighted by molar-refractivity contribution is -0.115. The van der Waals surface area contributed by atoms with Crippen molar-refractivity contribution in [3.8, 4) is 28.7 Å². The number of nitrogens with one attached hydrogen (secondary N) is 1. The molecule has 3 aromatic carbocycles. The summed E-state index contributed by atoms with van der Waals surface area (Å²) in [6, 6.07) is 24.6. The molecule has 0 radical (unpaired) electrons. The van der Waals surface area contributed by atoms with Crippen LogP contribution >= 0.6 is 11.8 Å². The molecule has 9 nitrogen and oxygen atoms in total. The number of ether oxygens (including phenoxy) is 1. The van der Waals surface area contributed by atoms with Gasteiger partial charge in [0.2, 0.25) is 5.88 Å². The quantitative estimate of drug-likeness (QED) is 0.202. The van der Waals surface area contributed by atoms with Crippen LogP contribution in [0.3, 0.4) is 0 Å². The maximum Gasteiger partial charge on any atom is 0.275 e. The second kappa shape index (κ2) is 10.4. The standard InChI is InChI=1S/C26H22N6O3S/c1-2-35-19-14-12-18(13-15-19)32-24(17-8-4-3-5-9-17)30-31-26(32)36-16-22(33)28-29-23-20-10-6-7-11-21(20)27-25(23)34/h3-15,27,34H,2,16H2,1H3. The van der Waals surface area contributed by atoms with E-state index in [1.807, 2.05) is 84.3 Å². The zero-order valence-electron chi connectivity index (χ0n) is 19.3. The van der Waals surface area contributed by atoms with Crippen LogP contribution in [-0.2, 0) is 4.79 Å². The third-order valence-corrected chi connectivity index (χ3v) is 6.23. The van der Waals surface area contributed by atoms with Crippen molar-refractivity contribution >= 4 is 34.3 Å². The minimum absolute atomic E-state index is 0.00340. The van der Waals surface area contributed by atoms with Gasteiger partial charge in [0.1, 0.15) is 5.75 Å². The lowest BCUT2D eigenvalue weighted by Crippen LogP contribution is -2.02. The third kappa shape index (κ3) is 4.84. The van der Waals surface area contributed by atoms with Gasteiger partial charge in [-0.15, -0.1) is 20.4 Å². The number of aromatic amines is 1. The summed E-state index contributed by atoms with van der Waals surface area (Å²) in [6.07, 6.45) is 0. The summed E-state index contributed by atoms with van der Waals surface area (Å²) in [5.74, 6) is 0.813. The Hall–Kier alpha value is -4.44. The number of nitrogens with zero attached hydrogens (tertiary/aromatic N) is 5. The molecule has 5 rings (SSSR count). The molecule has 0 aliphatic heterocycles. The number of thioether (sulfide) groups is 1. The largest absolute Gasteiger partial charge is 0.494 e. The van der Waals surface area contributed by atoms with Gasteiger partial charge >= 0.3 is 0 Å². The average Bonchev–Trinajstić information content (AvgIpc) is 3.47. The van der Waals surface area contributed by atoms with E-state index in [9.17, 15) is 9.90 Å². The van der Waals surface area contributed by atoms with E-state index in [1.165, 1.54) is 11.8 Å². The molecule has 10 heteroatoms. The van der Waals surface area contributed by atoms with E-state index in [-0.39, 0.29) is 17.3 Å². The normalized spacial score (nSPS) is 11.4. The predicted molar refractivity (Wildman–Crippen MR) is 138 cm³/mol. The monoisotopic (exact) mass is 498 g/mol. The average molecular weight is 499 g/mol. The molecule has 0 saturated carbocycles. The van der Waals surface area contributed by atoms with Crippen LogP contribution in [-0.4, -0.2) is 43.1 Å². The molecule has 0 saturated heterocycles. The Morgan fingerprint density at radius 2 is 1.78 bits per heavy atom. The van der Waals surface area contributed by atoms with E-state index in [4.69, 9.17) is 4.74 Å². The van der Waals surface area contributed by atoms with E-state index in [2.05, 4.69) is 25.4 Å². The highest BCUT2D eigenvalue weighted by atomic mass is 32.2. The van der Waals surface area contributed by atoms with Crippen molar-refractivity contribution in [2.24, 2.45) is 10.2 Å². The van der Waals surface area contributed by atoms with Crippen LogP contribution in [0.4, 0.5) is 5.69 Å². The van der Waals surface area contributed by atoms with E-state index < -0.39 is 5.91 Å². The smallest absolute Gasteiger partial charge is 0.275 e. The Morgan fingerprint density at radius 1 is 1.03 bits per heavy atom. The van der Waals surface area contributed by atoms with Crippen molar-refractivity contribution in [3.05, 3.63) is 78.9 Å². The predicted octanol–water partition coefficient (Wildman–Crippen LogP) is 5.92. The Kier molecular flexibility index (Phi) is 6.76. The van der Waals surface area contributed by atoms with Crippen LogP contribution in [0.5, 0.6) is 11.6 Å². The summed E-state index contributed by atoms with van der Waals surface area (Å²) in [5, 5.41) is 27.9. The number of rotatable bonds is 8. The van der Waals surface area contributed by atoms with Gasteiger partial charge in [-0.05, 0) is 37.3 Å². The van der Waals surface area contributed by atoms with Crippen molar-refractivity contribution < 1.29 is 14.6 Å². The van der Waals surface area contributed by atoms with Gasteiger partial charge in [0, 0.05) is 16.6 Å². The number of benzene rings is 3. The molecule has 36 heavy (non-hydrogen) atoms. The topological polar surface area (TPSA) is 118 Å². The fourth-order valence-corrected chi connectivity index (χ4v) is 4.43. The number of aromatic nitrogens is 4. The molecule has 2 heterocycles. The van der Waals surface area contributed by atoms with Gasteiger partial charge in [-0.1, -0.05) is 60.3 Å². The van der Waals surface area contributed by atoms with E-state index >= 15 is 0 Å². The van der Waals surface area contributed by atoms with Gasteiger partial charge in [0.05, 0.1) is 17.9 Å². The summed E-state index contributed by atoms with van der Waals surface area (Å²) < 4.78 is 7.46. The first-order valence-corrected chi connectivity index (χ1v) is 12.2. The molecule has 0 fully saturated rings. The van der Waals surface area contributed by atoms with Crippen LogP contribution in [0, 0.1) is 0 Å². The Morgan fingerprint density at radius 3 is 2.56 bits per heavy atom. The summed E-state index contributed by atoms with van der Waals surface area (Å²) in [6.45, 7) is 2.51. The third-order valence-electron chi connectivity index (χ3n) is 5.32. The second-order valence-electron chi connectivity index (χ2n) is 7.68. The molecule has 0 aliphatic rings. The first kappa shape index (κ1) is 23.3. The molecule has 1 amide bonds. The number of carbonyl (C=O) groups is 1. The Bertz CT molecular complexity index is 1530. The number of aromatic hydroxyl groups is 1. The number of azo groups is 1. The summed E-state index contributed by atoms with van der Waals surface area (Å²) >= 11 is 1.21. The number of carbonyl (C=O) groups excluding carboxylic acids is 1. The Labute approximate surface area is 210 Å². The zero-order chi connectivity index (χ0) is 24.9. The van der Waals surface area contributed by atoms with E-state index in [1.54, 1.807) is 6.07 Å². The van der Waals surface area contributed by atoms with E-state index in [0.29, 0.717) is 28.5 Å². The molecule has 2 N–H and O–H groups in total. The molecule has 5 aromatic rings. The maximum atomic E-state index is 12.6. The number of amides is 1. The first-order chi connectivity index (χ1) is 17.6. The van der Waals surface area contributed by atoms with Gasteiger partial charge in [0.15, 0.2) is 16.7 Å². The number of H-pyrrole nitrogens is 1. The fraction of sp³-hybridized carbons (Fsp3) is 0.115. The lowest BCUT2D eigenvalue weighted by Gasteiger charge is -2.11. The van der Waals surface area contributed by atoms with Crippen LogP contribution < -0.4 is 4.74 Å². The Balaban J connectivity index is 1.39. The van der Waals surface area contributed by atoms with E-state index in [0.717, 1.165) is 17.0 Å². The molecule has 0 atom stereocenters. The number of hydrogen-bond acceptors (Lipinski definition) is 7. The molecule has 0 spiro atoms. The summed E-state index contributed by atoms with van der Waals surface area (Å²) in [5.41, 5.74) is 2.67. The van der Waals surface area contributed by atoms with Gasteiger partial charge in [-0.25, -0.2) is 0 Å². The fourth-order valence-electron chi connectivity index (χ4n) is 3.70. The first-order valence-electron chi connectivity index (χ1n) is 11.2.